The molecule has 2 fully saturated rings. The summed E-state index contributed by atoms with van der Waals surface area (Å²) in [6, 6.07) is 13.2. The Balaban J connectivity index is 1.19. The molecule has 0 radical (unpaired) electrons. The lowest BCUT2D eigenvalue weighted by Gasteiger charge is -2.36. The first-order chi connectivity index (χ1) is 21.0. The van der Waals surface area contributed by atoms with E-state index in [-0.39, 0.29) is 12.5 Å². The molecule has 3 aromatic rings. The number of amides is 1. The second-order valence-corrected chi connectivity index (χ2v) is 12.4. The first-order valence-corrected chi connectivity index (χ1v) is 15.3. The molecule has 4 heterocycles. The molecule has 2 aliphatic rings. The van der Waals surface area contributed by atoms with E-state index in [1.807, 2.05) is 23.1 Å². The van der Waals surface area contributed by atoms with E-state index in [0.717, 1.165) is 69.2 Å². The van der Waals surface area contributed by atoms with E-state index >= 15 is 0 Å². The topological polar surface area (TPSA) is 77.2 Å². The van der Waals surface area contributed by atoms with Crippen molar-refractivity contribution in [2.24, 2.45) is 5.92 Å². The molecule has 2 aromatic heterocycles. The largest absolute Gasteiger partial charge is 0.406 e. The summed E-state index contributed by atoms with van der Waals surface area (Å²) in [4.78, 5) is 20.8. The van der Waals surface area contributed by atoms with Gasteiger partial charge in [-0.1, -0.05) is 12.0 Å². The third-order valence-corrected chi connectivity index (χ3v) is 8.70. The number of carbonyl (C=O) groups excluding carboxylic acids is 1. The van der Waals surface area contributed by atoms with E-state index in [1.165, 1.54) is 4.57 Å². The van der Waals surface area contributed by atoms with Crippen molar-refractivity contribution >= 4 is 22.5 Å². The Kier molecular flexibility index (Phi) is 9.51. The molecule has 0 saturated carbocycles. The molecule has 1 amide bonds. The summed E-state index contributed by atoms with van der Waals surface area (Å²) in [5, 5.41) is 13.2. The van der Waals surface area contributed by atoms with Crippen LogP contribution in [-0.2, 0) is 23.2 Å². The van der Waals surface area contributed by atoms with E-state index in [0.29, 0.717) is 35.1 Å². The van der Waals surface area contributed by atoms with Crippen LogP contribution in [0.4, 0.5) is 18.9 Å². The Morgan fingerprint density at radius 1 is 1.09 bits per heavy atom. The van der Waals surface area contributed by atoms with E-state index in [9.17, 15) is 23.2 Å². The Hall–Kier alpha value is -4.02. The molecule has 0 aliphatic carbocycles. The lowest BCUT2D eigenvalue weighted by molar-refractivity contribution is -0.140. The molecule has 5 rings (SSSR count). The molecule has 10 heteroatoms. The van der Waals surface area contributed by atoms with Gasteiger partial charge >= 0.3 is 6.18 Å². The fourth-order valence-electron chi connectivity index (χ4n) is 5.80. The maximum absolute atomic E-state index is 13.5. The third kappa shape index (κ3) is 7.92. The second-order valence-electron chi connectivity index (χ2n) is 12.4. The molecule has 2 saturated heterocycles. The third-order valence-electron chi connectivity index (χ3n) is 8.70. The predicted molar refractivity (Wildman–Crippen MR) is 165 cm³/mol. The molecule has 0 atom stereocenters. The van der Waals surface area contributed by atoms with Crippen molar-refractivity contribution in [1.29, 1.82) is 5.26 Å². The molecule has 1 N–H and O–H groups in total. The number of anilines is 1. The summed E-state index contributed by atoms with van der Waals surface area (Å²) in [6.45, 7) is 6.88. The number of pyridine rings is 1. The van der Waals surface area contributed by atoms with E-state index < -0.39 is 18.1 Å². The number of benzene rings is 1. The van der Waals surface area contributed by atoms with Gasteiger partial charge in [0.1, 0.15) is 6.54 Å². The van der Waals surface area contributed by atoms with Gasteiger partial charge in [0.05, 0.1) is 47.8 Å². The summed E-state index contributed by atoms with van der Waals surface area (Å²) in [5.41, 5.74) is 2.61. The first-order valence-electron chi connectivity index (χ1n) is 15.3. The van der Waals surface area contributed by atoms with Gasteiger partial charge in [0, 0.05) is 24.0 Å². The fourth-order valence-corrected chi connectivity index (χ4v) is 5.80. The van der Waals surface area contributed by atoms with Crippen molar-refractivity contribution in [3.05, 3.63) is 59.5 Å². The van der Waals surface area contributed by atoms with Gasteiger partial charge in [-0.15, -0.1) is 0 Å². The van der Waals surface area contributed by atoms with E-state index in [1.54, 1.807) is 38.2 Å². The summed E-state index contributed by atoms with van der Waals surface area (Å²) in [6.07, 6.45) is 2.35. The fraction of sp³-hybridized carbons (Fsp3) is 0.500. The van der Waals surface area contributed by atoms with Crippen LogP contribution in [-0.4, -0.2) is 70.7 Å². The Labute approximate surface area is 257 Å². The number of piperidine rings is 1. The minimum absolute atomic E-state index is 0.229. The van der Waals surface area contributed by atoms with Crippen LogP contribution in [0.1, 0.15) is 56.5 Å². The molecule has 0 spiro atoms. The standard InChI is InChI=1S/C34H39F3N6O/c1-33(2,23-38)31-11-9-28(21-40-31)39-14-3-5-29-20-27-19-26(8-10-30(27)43(29)24-34(35,36)37)7-6-25-12-17-41(18-13-25)22-32(44)42-15-4-16-42/h8-11,19-21,25,39H,4,6-7,12-18,22,24H2,1-2H3. The van der Waals surface area contributed by atoms with Crippen LogP contribution in [0.25, 0.3) is 10.9 Å². The number of aromatic nitrogens is 2. The highest BCUT2D eigenvalue weighted by atomic mass is 19.4. The second kappa shape index (κ2) is 13.3. The minimum atomic E-state index is -4.38. The summed E-state index contributed by atoms with van der Waals surface area (Å²) >= 11 is 0. The van der Waals surface area contributed by atoms with Crippen LogP contribution in [0.15, 0.2) is 42.6 Å². The average Bonchev–Trinajstić information content (AvgIpc) is 3.29. The maximum atomic E-state index is 13.5. The number of aryl methyl sites for hydroxylation is 1. The number of nitriles is 1. The Morgan fingerprint density at radius 3 is 2.50 bits per heavy atom. The molecule has 2 aliphatic heterocycles. The minimum Gasteiger partial charge on any atom is -0.373 e. The van der Waals surface area contributed by atoms with Crippen molar-refractivity contribution in [2.75, 3.05) is 44.6 Å². The Morgan fingerprint density at radius 2 is 1.86 bits per heavy atom. The van der Waals surface area contributed by atoms with Crippen LogP contribution in [0.3, 0.4) is 0 Å². The number of nitrogens with one attached hydrogen (secondary N) is 1. The van der Waals surface area contributed by atoms with Gasteiger partial charge in [-0.3, -0.25) is 14.7 Å². The van der Waals surface area contributed by atoms with Gasteiger partial charge in [-0.2, -0.15) is 18.4 Å². The Bertz CT molecular complexity index is 1560. The lowest BCUT2D eigenvalue weighted by atomic mass is 9.90. The zero-order chi connectivity index (χ0) is 31.3. The maximum Gasteiger partial charge on any atom is 0.406 e. The SMILES string of the molecule is CC(C)(C#N)c1ccc(NCC#Cc2cc3cc(CCC4CCN(CC(=O)N5CCC5)CC4)ccc3n2CC(F)(F)F)cn1. The van der Waals surface area contributed by atoms with E-state index in [2.05, 4.69) is 33.1 Å². The van der Waals surface area contributed by atoms with E-state index in [4.69, 9.17) is 0 Å². The first kappa shape index (κ1) is 31.4. The average molecular weight is 605 g/mol. The number of carbonyl (C=O) groups is 1. The number of alkyl halides is 3. The number of nitrogens with zero attached hydrogens (tertiary/aromatic N) is 5. The molecule has 7 nitrogen and oxygen atoms in total. The van der Waals surface area contributed by atoms with Crippen molar-refractivity contribution in [1.82, 2.24) is 19.4 Å². The van der Waals surface area contributed by atoms with Crippen LogP contribution < -0.4 is 5.32 Å². The van der Waals surface area contributed by atoms with Crippen molar-refractivity contribution in [2.45, 2.75) is 64.1 Å². The highest BCUT2D eigenvalue weighted by Crippen LogP contribution is 2.28. The highest BCUT2D eigenvalue weighted by Gasteiger charge is 2.30. The van der Waals surface area contributed by atoms with Gasteiger partial charge in [0.15, 0.2) is 0 Å². The van der Waals surface area contributed by atoms with Gasteiger partial charge in [0.25, 0.3) is 0 Å². The van der Waals surface area contributed by atoms with Crippen molar-refractivity contribution in [3.8, 4) is 17.9 Å². The number of hydrogen-bond donors (Lipinski definition) is 1. The summed E-state index contributed by atoms with van der Waals surface area (Å²) in [5.74, 6) is 6.70. The number of hydrogen-bond acceptors (Lipinski definition) is 5. The van der Waals surface area contributed by atoms with Gasteiger partial charge in [-0.25, -0.2) is 0 Å². The molecular formula is C34H39F3N6O. The monoisotopic (exact) mass is 604 g/mol. The summed E-state index contributed by atoms with van der Waals surface area (Å²) < 4.78 is 41.8. The normalized spacial score (nSPS) is 16.2. The molecule has 0 unspecified atom stereocenters. The van der Waals surface area contributed by atoms with Crippen molar-refractivity contribution in [3.63, 3.8) is 0 Å². The number of fused-ring (bicyclic) bond motifs is 1. The van der Waals surface area contributed by atoms with Gasteiger partial charge < -0.3 is 14.8 Å². The summed E-state index contributed by atoms with van der Waals surface area (Å²) in [7, 11) is 0. The van der Waals surface area contributed by atoms with Crippen LogP contribution in [0.2, 0.25) is 0 Å². The number of rotatable bonds is 9. The zero-order valence-corrected chi connectivity index (χ0v) is 25.4. The molecule has 44 heavy (non-hydrogen) atoms. The van der Waals surface area contributed by atoms with Gasteiger partial charge in [0.2, 0.25) is 5.91 Å². The predicted octanol–water partition coefficient (Wildman–Crippen LogP) is 5.74. The van der Waals surface area contributed by atoms with Crippen molar-refractivity contribution < 1.29 is 18.0 Å². The van der Waals surface area contributed by atoms with Gasteiger partial charge in [-0.05, 0) is 107 Å². The van der Waals surface area contributed by atoms with Crippen LogP contribution in [0.5, 0.6) is 0 Å². The van der Waals surface area contributed by atoms with Crippen LogP contribution in [0, 0.1) is 29.1 Å². The van der Waals surface area contributed by atoms with Crippen LogP contribution >= 0.6 is 0 Å². The zero-order valence-electron chi connectivity index (χ0n) is 25.4. The quantitative estimate of drug-likeness (QED) is 0.315. The molecule has 1 aromatic carbocycles. The molecular weight excluding hydrogens is 565 g/mol. The number of likely N-dealkylation sites (tertiary alicyclic amines) is 2. The molecule has 0 bridgehead atoms. The molecule has 232 valence electrons. The highest BCUT2D eigenvalue weighted by molar-refractivity contribution is 5.83. The smallest absolute Gasteiger partial charge is 0.373 e. The lowest BCUT2D eigenvalue weighted by Crippen LogP contribution is -2.48. The number of halogens is 3.